The van der Waals surface area contributed by atoms with Crippen LogP contribution < -0.4 is 15.1 Å². The Bertz CT molecular complexity index is 843. The molecule has 1 amide bonds. The van der Waals surface area contributed by atoms with E-state index in [-0.39, 0.29) is 11.7 Å². The molecule has 4 rings (SSSR count). The summed E-state index contributed by atoms with van der Waals surface area (Å²) in [5.74, 6) is -0.206. The Morgan fingerprint density at radius 2 is 1.77 bits per heavy atom. The minimum absolute atomic E-state index is 0.0688. The van der Waals surface area contributed by atoms with Gasteiger partial charge in [-0.15, -0.1) is 0 Å². The first kappa shape index (κ1) is 17.0. The van der Waals surface area contributed by atoms with Gasteiger partial charge in [0, 0.05) is 37.4 Å². The summed E-state index contributed by atoms with van der Waals surface area (Å²) in [7, 11) is 0. The molecule has 2 aromatic rings. The maximum atomic E-state index is 13.6. The lowest BCUT2D eigenvalue weighted by Gasteiger charge is -2.33. The van der Waals surface area contributed by atoms with Gasteiger partial charge in [-0.05, 0) is 43.7 Å². The maximum absolute atomic E-state index is 13.6. The first-order valence-electron chi connectivity index (χ1n) is 9.14. The predicted molar refractivity (Wildman–Crippen MR) is 102 cm³/mol. The first-order chi connectivity index (χ1) is 12.5. The van der Waals surface area contributed by atoms with E-state index in [4.69, 9.17) is 0 Å². The van der Waals surface area contributed by atoms with E-state index < -0.39 is 5.41 Å². The summed E-state index contributed by atoms with van der Waals surface area (Å²) < 4.78 is 13.6. The summed E-state index contributed by atoms with van der Waals surface area (Å²) in [5, 5.41) is 3.37. The van der Waals surface area contributed by atoms with Gasteiger partial charge in [0.25, 0.3) is 0 Å². The highest BCUT2D eigenvalue weighted by atomic mass is 19.1. The van der Waals surface area contributed by atoms with Crippen LogP contribution in [0.3, 0.4) is 0 Å². The number of rotatable bonds is 3. The molecule has 2 aromatic carbocycles. The normalized spacial score (nSPS) is 19.0. The highest BCUT2D eigenvalue weighted by molar-refractivity contribution is 6.09. The number of carbonyl (C=O) groups excluding carboxylic acids is 1. The average molecular weight is 353 g/mol. The molecule has 2 heterocycles. The van der Waals surface area contributed by atoms with Gasteiger partial charge in [0.1, 0.15) is 5.82 Å². The molecule has 0 spiro atoms. The van der Waals surface area contributed by atoms with Gasteiger partial charge in [-0.3, -0.25) is 4.79 Å². The molecule has 0 atom stereocenters. The van der Waals surface area contributed by atoms with Crippen LogP contribution in [0.15, 0.2) is 42.5 Å². The summed E-state index contributed by atoms with van der Waals surface area (Å²) in [6, 6.07) is 12.6. The second-order valence-electron chi connectivity index (χ2n) is 7.55. The number of fused-ring (bicyclic) bond motifs is 1. The van der Waals surface area contributed by atoms with Gasteiger partial charge in [-0.1, -0.05) is 18.2 Å². The highest BCUT2D eigenvalue weighted by Gasteiger charge is 2.46. The van der Waals surface area contributed by atoms with Crippen molar-refractivity contribution in [3.63, 3.8) is 0 Å². The van der Waals surface area contributed by atoms with E-state index in [9.17, 15) is 9.18 Å². The Labute approximate surface area is 153 Å². The van der Waals surface area contributed by atoms with E-state index in [1.165, 1.54) is 12.1 Å². The summed E-state index contributed by atoms with van der Waals surface area (Å²) >= 11 is 0. The number of anilines is 2. The Morgan fingerprint density at radius 3 is 2.50 bits per heavy atom. The third-order valence-electron chi connectivity index (χ3n) is 5.40. The minimum atomic E-state index is -0.593. The SMILES string of the molecule is CC1(C)C(=O)N(Cc2cccc(F)c2)c2cccc(N3CCNCC3)c21. The van der Waals surface area contributed by atoms with Crippen molar-refractivity contribution in [2.24, 2.45) is 0 Å². The van der Waals surface area contributed by atoms with E-state index >= 15 is 0 Å². The molecule has 0 radical (unpaired) electrons. The lowest BCUT2D eigenvalue weighted by Crippen LogP contribution is -2.44. The number of nitrogens with one attached hydrogen (secondary N) is 1. The Kier molecular flexibility index (Phi) is 4.19. The number of hydrogen-bond acceptors (Lipinski definition) is 3. The van der Waals surface area contributed by atoms with E-state index in [0.717, 1.165) is 48.7 Å². The van der Waals surface area contributed by atoms with Gasteiger partial charge >= 0.3 is 0 Å². The number of nitrogens with zero attached hydrogens (tertiary/aromatic N) is 2. The zero-order chi connectivity index (χ0) is 18.3. The molecule has 5 heteroatoms. The summed E-state index contributed by atoms with van der Waals surface area (Å²) in [6.07, 6.45) is 0. The number of carbonyl (C=O) groups is 1. The number of piperazine rings is 1. The molecule has 0 aliphatic carbocycles. The van der Waals surface area contributed by atoms with Crippen molar-refractivity contribution >= 4 is 17.3 Å². The van der Waals surface area contributed by atoms with Gasteiger partial charge in [-0.2, -0.15) is 0 Å². The zero-order valence-electron chi connectivity index (χ0n) is 15.3. The molecule has 0 unspecified atom stereocenters. The van der Waals surface area contributed by atoms with Crippen molar-refractivity contribution in [3.05, 3.63) is 59.4 Å². The fourth-order valence-corrected chi connectivity index (χ4v) is 4.09. The van der Waals surface area contributed by atoms with Crippen molar-refractivity contribution in [2.75, 3.05) is 36.0 Å². The number of halogens is 1. The lowest BCUT2D eigenvalue weighted by atomic mass is 9.84. The average Bonchev–Trinajstić information content (AvgIpc) is 2.83. The minimum Gasteiger partial charge on any atom is -0.369 e. The molecule has 136 valence electrons. The molecule has 0 bridgehead atoms. The number of benzene rings is 2. The van der Waals surface area contributed by atoms with E-state index in [1.54, 1.807) is 11.0 Å². The Morgan fingerprint density at radius 1 is 1.08 bits per heavy atom. The number of hydrogen-bond donors (Lipinski definition) is 1. The molecular weight excluding hydrogens is 329 g/mol. The molecule has 0 saturated carbocycles. The quantitative estimate of drug-likeness (QED) is 0.921. The van der Waals surface area contributed by atoms with Crippen LogP contribution in [-0.4, -0.2) is 32.1 Å². The molecule has 1 N–H and O–H groups in total. The molecule has 0 aromatic heterocycles. The second-order valence-corrected chi connectivity index (χ2v) is 7.55. The van der Waals surface area contributed by atoms with Gasteiger partial charge in [-0.25, -0.2) is 4.39 Å². The molecule has 4 nitrogen and oxygen atoms in total. The molecule has 1 fully saturated rings. The van der Waals surface area contributed by atoms with Crippen molar-refractivity contribution in [3.8, 4) is 0 Å². The van der Waals surface area contributed by atoms with Gasteiger partial charge in [0.2, 0.25) is 5.91 Å². The molecule has 1 saturated heterocycles. The van der Waals surface area contributed by atoms with Crippen LogP contribution in [0, 0.1) is 5.82 Å². The third kappa shape index (κ3) is 2.76. The summed E-state index contributed by atoms with van der Waals surface area (Å²) in [5.41, 5.74) is 3.38. The van der Waals surface area contributed by atoms with Crippen LogP contribution in [0.25, 0.3) is 0 Å². The van der Waals surface area contributed by atoms with Crippen molar-refractivity contribution < 1.29 is 9.18 Å². The van der Waals surface area contributed by atoms with E-state index in [1.807, 2.05) is 32.0 Å². The van der Waals surface area contributed by atoms with Crippen molar-refractivity contribution in [2.45, 2.75) is 25.8 Å². The predicted octanol–water partition coefficient (Wildman–Crippen LogP) is 3.06. The molecule has 26 heavy (non-hydrogen) atoms. The van der Waals surface area contributed by atoms with Crippen molar-refractivity contribution in [1.29, 1.82) is 0 Å². The lowest BCUT2D eigenvalue weighted by molar-refractivity contribution is -0.122. The highest BCUT2D eigenvalue weighted by Crippen LogP contribution is 2.47. The van der Waals surface area contributed by atoms with Crippen LogP contribution in [0.4, 0.5) is 15.8 Å². The van der Waals surface area contributed by atoms with Crippen LogP contribution in [0.2, 0.25) is 0 Å². The third-order valence-corrected chi connectivity index (χ3v) is 5.40. The molecular formula is C21H24FN3O. The van der Waals surface area contributed by atoms with Crippen LogP contribution in [0.1, 0.15) is 25.0 Å². The largest absolute Gasteiger partial charge is 0.369 e. The monoisotopic (exact) mass is 353 g/mol. The van der Waals surface area contributed by atoms with E-state index in [2.05, 4.69) is 16.3 Å². The Balaban J connectivity index is 1.75. The smallest absolute Gasteiger partial charge is 0.237 e. The summed E-state index contributed by atoms with van der Waals surface area (Å²) in [4.78, 5) is 17.4. The molecule has 2 aliphatic rings. The fourth-order valence-electron chi connectivity index (χ4n) is 4.09. The zero-order valence-corrected chi connectivity index (χ0v) is 15.3. The standard InChI is InChI=1S/C21H24FN3O/c1-21(2)19-17(24-11-9-23-10-12-24)7-4-8-18(19)25(20(21)26)14-15-5-3-6-16(22)13-15/h3-8,13,23H,9-12,14H2,1-2H3. The topological polar surface area (TPSA) is 35.6 Å². The number of amides is 1. The van der Waals surface area contributed by atoms with Gasteiger partial charge in [0.15, 0.2) is 0 Å². The van der Waals surface area contributed by atoms with Crippen LogP contribution >= 0.6 is 0 Å². The Hall–Kier alpha value is -2.40. The van der Waals surface area contributed by atoms with E-state index in [0.29, 0.717) is 6.54 Å². The van der Waals surface area contributed by atoms with Crippen LogP contribution in [0.5, 0.6) is 0 Å². The maximum Gasteiger partial charge on any atom is 0.237 e. The van der Waals surface area contributed by atoms with Crippen LogP contribution in [-0.2, 0) is 16.8 Å². The van der Waals surface area contributed by atoms with Gasteiger partial charge in [0.05, 0.1) is 17.6 Å². The van der Waals surface area contributed by atoms with Gasteiger partial charge < -0.3 is 15.1 Å². The van der Waals surface area contributed by atoms with Crippen molar-refractivity contribution in [1.82, 2.24) is 5.32 Å². The second kappa shape index (κ2) is 6.40. The molecule has 2 aliphatic heterocycles. The summed E-state index contributed by atoms with van der Waals surface area (Å²) in [6.45, 7) is 8.14. The first-order valence-corrected chi connectivity index (χ1v) is 9.14. The fraction of sp³-hybridized carbons (Fsp3) is 0.381.